The molecular formula is C21H18F2N2O2. The number of halogens is 2. The standard InChI is InChI=1S/C21H18F2N2O2/c22-17-8-6-14(10-18(17)23)12-20(26)25-19(21(24)27)11-13-5-7-15-3-1-2-4-16(15)9-13/h1-10,19H,11-12H2,(H2,24,27)(H,25,26)/t19-/m0/s1. The van der Waals surface area contributed by atoms with Crippen LogP contribution >= 0.6 is 0 Å². The van der Waals surface area contributed by atoms with Gasteiger partial charge in [-0.2, -0.15) is 0 Å². The molecule has 0 saturated carbocycles. The first-order valence-electron chi connectivity index (χ1n) is 8.42. The van der Waals surface area contributed by atoms with Gasteiger partial charge in [0.15, 0.2) is 11.6 Å². The van der Waals surface area contributed by atoms with Gasteiger partial charge in [0.25, 0.3) is 0 Å². The van der Waals surface area contributed by atoms with Crippen LogP contribution in [-0.2, 0) is 22.4 Å². The van der Waals surface area contributed by atoms with Crippen molar-refractivity contribution >= 4 is 22.6 Å². The minimum absolute atomic E-state index is 0.182. The van der Waals surface area contributed by atoms with Crippen LogP contribution in [0.15, 0.2) is 60.7 Å². The van der Waals surface area contributed by atoms with Crippen molar-refractivity contribution in [3.8, 4) is 0 Å². The SMILES string of the molecule is NC(=O)[C@H](Cc1ccc2ccccc2c1)NC(=O)Cc1ccc(F)c(F)c1. The second-order valence-electron chi connectivity index (χ2n) is 6.33. The van der Waals surface area contributed by atoms with E-state index in [9.17, 15) is 18.4 Å². The maximum absolute atomic E-state index is 13.3. The molecule has 2 amide bonds. The summed E-state index contributed by atoms with van der Waals surface area (Å²) in [7, 11) is 0. The number of benzene rings is 3. The minimum Gasteiger partial charge on any atom is -0.368 e. The molecule has 3 aromatic rings. The van der Waals surface area contributed by atoms with Gasteiger partial charge in [0.05, 0.1) is 6.42 Å². The van der Waals surface area contributed by atoms with Crippen LogP contribution < -0.4 is 11.1 Å². The zero-order valence-corrected chi connectivity index (χ0v) is 14.4. The van der Waals surface area contributed by atoms with E-state index in [4.69, 9.17) is 5.73 Å². The predicted molar refractivity (Wildman–Crippen MR) is 98.8 cm³/mol. The van der Waals surface area contributed by atoms with Crippen molar-refractivity contribution in [3.63, 3.8) is 0 Å². The van der Waals surface area contributed by atoms with E-state index in [1.165, 1.54) is 6.07 Å². The average molecular weight is 368 g/mol. The van der Waals surface area contributed by atoms with Crippen LogP contribution in [0.5, 0.6) is 0 Å². The topological polar surface area (TPSA) is 72.2 Å². The molecular weight excluding hydrogens is 350 g/mol. The molecule has 6 heteroatoms. The maximum Gasteiger partial charge on any atom is 0.240 e. The van der Waals surface area contributed by atoms with Gasteiger partial charge >= 0.3 is 0 Å². The molecule has 0 heterocycles. The highest BCUT2D eigenvalue weighted by atomic mass is 19.2. The first-order valence-corrected chi connectivity index (χ1v) is 8.42. The maximum atomic E-state index is 13.3. The highest BCUT2D eigenvalue weighted by Gasteiger charge is 2.19. The zero-order chi connectivity index (χ0) is 19.4. The zero-order valence-electron chi connectivity index (χ0n) is 14.4. The summed E-state index contributed by atoms with van der Waals surface area (Å²) in [5.74, 6) is -3.17. The molecule has 0 saturated heterocycles. The van der Waals surface area contributed by atoms with Crippen molar-refractivity contribution in [1.82, 2.24) is 5.32 Å². The van der Waals surface area contributed by atoms with Crippen LogP contribution in [0.25, 0.3) is 10.8 Å². The third-order valence-electron chi connectivity index (χ3n) is 4.28. The Balaban J connectivity index is 1.69. The summed E-state index contributed by atoms with van der Waals surface area (Å²) in [5, 5.41) is 4.65. The van der Waals surface area contributed by atoms with Crippen molar-refractivity contribution in [2.24, 2.45) is 5.73 Å². The third kappa shape index (κ3) is 4.67. The molecule has 0 bridgehead atoms. The molecule has 27 heavy (non-hydrogen) atoms. The van der Waals surface area contributed by atoms with Gasteiger partial charge in [-0.15, -0.1) is 0 Å². The minimum atomic E-state index is -1.03. The lowest BCUT2D eigenvalue weighted by Crippen LogP contribution is -2.46. The first-order chi connectivity index (χ1) is 12.9. The number of hydrogen-bond acceptors (Lipinski definition) is 2. The molecule has 0 aromatic heterocycles. The normalized spacial score (nSPS) is 11.9. The fraction of sp³-hybridized carbons (Fsp3) is 0.143. The highest BCUT2D eigenvalue weighted by molar-refractivity contribution is 5.88. The fourth-order valence-corrected chi connectivity index (χ4v) is 2.90. The van der Waals surface area contributed by atoms with Gasteiger partial charge in [0.1, 0.15) is 6.04 Å². The predicted octanol–water partition coefficient (Wildman–Crippen LogP) is 2.87. The van der Waals surface area contributed by atoms with E-state index in [1.54, 1.807) is 0 Å². The average Bonchev–Trinajstić information content (AvgIpc) is 2.64. The quantitative estimate of drug-likeness (QED) is 0.702. The Morgan fingerprint density at radius 3 is 2.30 bits per heavy atom. The van der Waals surface area contributed by atoms with Crippen LogP contribution in [-0.4, -0.2) is 17.9 Å². The van der Waals surface area contributed by atoms with E-state index in [-0.39, 0.29) is 12.8 Å². The number of nitrogens with one attached hydrogen (secondary N) is 1. The Hall–Kier alpha value is -3.28. The summed E-state index contributed by atoms with van der Waals surface area (Å²) in [5.41, 5.74) is 6.58. The summed E-state index contributed by atoms with van der Waals surface area (Å²) in [4.78, 5) is 23.9. The lowest BCUT2D eigenvalue weighted by molar-refractivity contribution is -0.127. The monoisotopic (exact) mass is 368 g/mol. The molecule has 0 aliphatic carbocycles. The molecule has 138 valence electrons. The highest BCUT2D eigenvalue weighted by Crippen LogP contribution is 2.17. The number of fused-ring (bicyclic) bond motifs is 1. The van der Waals surface area contributed by atoms with E-state index in [0.717, 1.165) is 28.5 Å². The van der Waals surface area contributed by atoms with Gasteiger partial charge < -0.3 is 11.1 Å². The number of hydrogen-bond donors (Lipinski definition) is 2. The van der Waals surface area contributed by atoms with Gasteiger partial charge in [-0.3, -0.25) is 9.59 Å². The molecule has 0 aliphatic heterocycles. The lowest BCUT2D eigenvalue weighted by atomic mass is 10.0. The summed E-state index contributed by atoms with van der Waals surface area (Å²) in [6.07, 6.45) is 0.0579. The molecule has 3 aromatic carbocycles. The number of primary amides is 1. The molecule has 0 unspecified atom stereocenters. The number of rotatable bonds is 6. The summed E-state index contributed by atoms with van der Waals surface area (Å²) < 4.78 is 26.2. The molecule has 1 atom stereocenters. The Bertz CT molecular complexity index is 1000. The molecule has 0 spiro atoms. The van der Waals surface area contributed by atoms with Crippen molar-refractivity contribution in [2.45, 2.75) is 18.9 Å². The van der Waals surface area contributed by atoms with Crippen molar-refractivity contribution in [3.05, 3.63) is 83.4 Å². The summed E-state index contributed by atoms with van der Waals surface area (Å²) >= 11 is 0. The van der Waals surface area contributed by atoms with E-state index in [0.29, 0.717) is 5.56 Å². The van der Waals surface area contributed by atoms with Crippen molar-refractivity contribution in [1.29, 1.82) is 0 Å². The molecule has 0 radical (unpaired) electrons. The number of carbonyl (C=O) groups excluding carboxylic acids is 2. The van der Waals surface area contributed by atoms with Crippen LogP contribution in [0, 0.1) is 11.6 Å². The largest absolute Gasteiger partial charge is 0.368 e. The summed E-state index contributed by atoms with van der Waals surface area (Å²) in [6, 6.07) is 15.9. The van der Waals surface area contributed by atoms with E-state index < -0.39 is 29.5 Å². The van der Waals surface area contributed by atoms with E-state index in [1.807, 2.05) is 42.5 Å². The van der Waals surface area contributed by atoms with Crippen molar-refractivity contribution in [2.75, 3.05) is 0 Å². The van der Waals surface area contributed by atoms with Gasteiger partial charge in [0, 0.05) is 6.42 Å². The number of nitrogens with two attached hydrogens (primary N) is 1. The van der Waals surface area contributed by atoms with E-state index in [2.05, 4.69) is 5.32 Å². The molecule has 3 rings (SSSR count). The number of amides is 2. The molecule has 0 fully saturated rings. The molecule has 4 nitrogen and oxygen atoms in total. The van der Waals surface area contributed by atoms with Crippen LogP contribution in [0.4, 0.5) is 8.78 Å². The van der Waals surface area contributed by atoms with Gasteiger partial charge in [-0.25, -0.2) is 8.78 Å². The van der Waals surface area contributed by atoms with Gasteiger partial charge in [-0.1, -0.05) is 48.5 Å². The Kier molecular flexibility index (Phi) is 5.45. The molecule has 0 aliphatic rings. The summed E-state index contributed by atoms with van der Waals surface area (Å²) in [6.45, 7) is 0. The van der Waals surface area contributed by atoms with Gasteiger partial charge in [-0.05, 0) is 34.0 Å². The Labute approximate surface area is 155 Å². The fourth-order valence-electron chi connectivity index (χ4n) is 2.90. The third-order valence-corrected chi connectivity index (χ3v) is 4.28. The Morgan fingerprint density at radius 1 is 0.889 bits per heavy atom. The molecule has 3 N–H and O–H groups in total. The van der Waals surface area contributed by atoms with Crippen LogP contribution in [0.3, 0.4) is 0 Å². The lowest BCUT2D eigenvalue weighted by Gasteiger charge is -2.16. The smallest absolute Gasteiger partial charge is 0.240 e. The van der Waals surface area contributed by atoms with Crippen molar-refractivity contribution < 1.29 is 18.4 Å². The number of carbonyl (C=O) groups is 2. The van der Waals surface area contributed by atoms with Gasteiger partial charge in [0.2, 0.25) is 11.8 Å². The first kappa shape index (κ1) is 18.5. The Morgan fingerprint density at radius 2 is 1.59 bits per heavy atom. The van der Waals surface area contributed by atoms with Crippen LogP contribution in [0.1, 0.15) is 11.1 Å². The van der Waals surface area contributed by atoms with Crippen LogP contribution in [0.2, 0.25) is 0 Å². The second kappa shape index (κ2) is 7.95. The van der Waals surface area contributed by atoms with E-state index >= 15 is 0 Å². The second-order valence-corrected chi connectivity index (χ2v) is 6.33.